The molecule has 0 aromatic heterocycles. The first kappa shape index (κ1) is 13.4. The van der Waals surface area contributed by atoms with Gasteiger partial charge >= 0.3 is 0 Å². The second-order valence-electron chi connectivity index (χ2n) is 4.51. The van der Waals surface area contributed by atoms with Crippen molar-refractivity contribution in [2.24, 2.45) is 5.92 Å². The minimum atomic E-state index is -3.34. The summed E-state index contributed by atoms with van der Waals surface area (Å²) in [6, 6.07) is 1.71. The van der Waals surface area contributed by atoms with Crippen LogP contribution in [0, 0.1) is 17.2 Å². The number of piperazine rings is 1. The van der Waals surface area contributed by atoms with E-state index >= 15 is 0 Å². The molecule has 0 atom stereocenters. The Balaban J connectivity index is 2.47. The summed E-state index contributed by atoms with van der Waals surface area (Å²) in [5, 5.41) is 8.44. The van der Waals surface area contributed by atoms with Gasteiger partial charge in [0.1, 0.15) is 0 Å². The van der Waals surface area contributed by atoms with E-state index < -0.39 is 15.8 Å². The maximum atomic E-state index is 11.6. The maximum Gasteiger partial charge on any atom is 0.227 e. The van der Waals surface area contributed by atoms with Gasteiger partial charge in [0.05, 0.1) is 6.07 Å². The largest absolute Gasteiger partial charge is 0.300 e. The molecule has 6 heteroatoms. The highest BCUT2D eigenvalue weighted by atomic mass is 32.2. The highest BCUT2D eigenvalue weighted by Crippen LogP contribution is 2.09. The lowest BCUT2D eigenvalue weighted by Crippen LogP contribution is -2.49. The van der Waals surface area contributed by atoms with Crippen LogP contribution in [0.5, 0.6) is 0 Å². The zero-order chi connectivity index (χ0) is 12.2. The highest BCUT2D eigenvalue weighted by Gasteiger charge is 2.26. The molecule has 0 aromatic carbocycles. The smallest absolute Gasteiger partial charge is 0.227 e. The molecule has 0 unspecified atom stereocenters. The van der Waals surface area contributed by atoms with E-state index in [-0.39, 0.29) is 0 Å². The average Bonchev–Trinajstić information content (AvgIpc) is 2.17. The lowest BCUT2D eigenvalue weighted by Gasteiger charge is -2.34. The van der Waals surface area contributed by atoms with Crippen molar-refractivity contribution in [1.82, 2.24) is 9.21 Å². The minimum Gasteiger partial charge on any atom is -0.300 e. The average molecular weight is 245 g/mol. The summed E-state index contributed by atoms with van der Waals surface area (Å²) in [7, 11) is -3.34. The molecule has 0 aromatic rings. The first-order valence-corrected chi connectivity index (χ1v) is 7.13. The highest BCUT2D eigenvalue weighted by molar-refractivity contribution is 7.89. The summed E-state index contributed by atoms with van der Waals surface area (Å²) in [5.41, 5.74) is 0. The lowest BCUT2D eigenvalue weighted by atomic mass is 10.2. The van der Waals surface area contributed by atoms with Gasteiger partial charge in [-0.05, 0) is 5.92 Å². The molecular weight excluding hydrogens is 226 g/mol. The van der Waals surface area contributed by atoms with E-state index in [0.29, 0.717) is 19.0 Å². The van der Waals surface area contributed by atoms with Gasteiger partial charge in [-0.2, -0.15) is 9.57 Å². The van der Waals surface area contributed by atoms with Crippen molar-refractivity contribution in [3.05, 3.63) is 0 Å². The molecule has 0 saturated carbocycles. The number of nitrogens with zero attached hydrogens (tertiary/aromatic N) is 3. The van der Waals surface area contributed by atoms with Crippen molar-refractivity contribution in [2.45, 2.75) is 13.8 Å². The number of hydrogen-bond donors (Lipinski definition) is 0. The molecule has 0 aliphatic carbocycles. The second kappa shape index (κ2) is 5.62. The maximum absolute atomic E-state index is 11.6. The first-order chi connectivity index (χ1) is 7.45. The van der Waals surface area contributed by atoms with E-state index in [9.17, 15) is 8.42 Å². The zero-order valence-electron chi connectivity index (χ0n) is 9.89. The molecule has 0 spiro atoms. The van der Waals surface area contributed by atoms with E-state index in [0.717, 1.165) is 19.6 Å². The molecule has 1 rings (SSSR count). The van der Waals surface area contributed by atoms with E-state index in [4.69, 9.17) is 5.26 Å². The summed E-state index contributed by atoms with van der Waals surface area (Å²) < 4.78 is 24.6. The predicted molar refractivity (Wildman–Crippen MR) is 62.3 cm³/mol. The van der Waals surface area contributed by atoms with Crippen molar-refractivity contribution >= 4 is 10.0 Å². The quantitative estimate of drug-likeness (QED) is 0.705. The van der Waals surface area contributed by atoms with Crippen LogP contribution < -0.4 is 0 Å². The molecule has 0 amide bonds. The fourth-order valence-corrected chi connectivity index (χ4v) is 2.94. The third kappa shape index (κ3) is 3.74. The predicted octanol–water partition coefficient (Wildman–Crippen LogP) is 0.113. The van der Waals surface area contributed by atoms with Crippen LogP contribution in [0.15, 0.2) is 0 Å². The fraction of sp³-hybridized carbons (Fsp3) is 0.900. The van der Waals surface area contributed by atoms with Crippen LogP contribution in [0.1, 0.15) is 13.8 Å². The molecule has 0 radical (unpaired) electrons. The Kier molecular flexibility index (Phi) is 4.71. The van der Waals surface area contributed by atoms with Gasteiger partial charge in [0, 0.05) is 32.7 Å². The molecule has 16 heavy (non-hydrogen) atoms. The van der Waals surface area contributed by atoms with Crippen LogP contribution in [-0.4, -0.2) is 56.1 Å². The van der Waals surface area contributed by atoms with E-state index in [1.165, 1.54) is 4.31 Å². The molecule has 1 heterocycles. The Hall–Kier alpha value is -0.640. The second-order valence-corrected chi connectivity index (χ2v) is 6.48. The zero-order valence-corrected chi connectivity index (χ0v) is 10.7. The topological polar surface area (TPSA) is 64.4 Å². The van der Waals surface area contributed by atoms with Crippen molar-refractivity contribution < 1.29 is 8.42 Å². The molecule has 0 N–H and O–H groups in total. The molecule has 1 aliphatic heterocycles. The standard InChI is InChI=1S/C10H19N3O2S/c1-10(2)9-12-4-6-13(7-5-12)16(14,15)8-3-11/h10H,4-9H2,1-2H3. The Bertz CT molecular complexity index is 351. The Morgan fingerprint density at radius 2 is 1.81 bits per heavy atom. The molecule has 0 bridgehead atoms. The van der Waals surface area contributed by atoms with Crippen LogP contribution in [-0.2, 0) is 10.0 Å². The molecule has 1 saturated heterocycles. The monoisotopic (exact) mass is 245 g/mol. The van der Waals surface area contributed by atoms with Crippen LogP contribution >= 0.6 is 0 Å². The summed E-state index contributed by atoms with van der Waals surface area (Å²) >= 11 is 0. The van der Waals surface area contributed by atoms with Gasteiger partial charge < -0.3 is 4.90 Å². The third-order valence-electron chi connectivity index (χ3n) is 2.59. The Morgan fingerprint density at radius 1 is 1.25 bits per heavy atom. The summed E-state index contributed by atoms with van der Waals surface area (Å²) in [6.07, 6.45) is 0. The van der Waals surface area contributed by atoms with E-state index in [1.807, 2.05) is 0 Å². The third-order valence-corrected chi connectivity index (χ3v) is 4.24. The van der Waals surface area contributed by atoms with Crippen LogP contribution in [0.25, 0.3) is 0 Å². The van der Waals surface area contributed by atoms with Gasteiger partial charge in [-0.15, -0.1) is 0 Å². The van der Waals surface area contributed by atoms with E-state index in [1.54, 1.807) is 6.07 Å². The lowest BCUT2D eigenvalue weighted by molar-refractivity contribution is 0.172. The number of rotatable bonds is 4. The van der Waals surface area contributed by atoms with Gasteiger partial charge in [0.25, 0.3) is 0 Å². The fourth-order valence-electron chi connectivity index (χ4n) is 1.88. The van der Waals surface area contributed by atoms with Gasteiger partial charge in [-0.25, -0.2) is 8.42 Å². The summed E-state index contributed by atoms with van der Waals surface area (Å²) in [4.78, 5) is 2.27. The minimum absolute atomic E-state index is 0.406. The van der Waals surface area contributed by atoms with Crippen molar-refractivity contribution in [3.63, 3.8) is 0 Å². The first-order valence-electron chi connectivity index (χ1n) is 5.53. The van der Waals surface area contributed by atoms with Crippen molar-refractivity contribution in [1.29, 1.82) is 5.26 Å². The SMILES string of the molecule is CC(C)CN1CCN(S(=O)(=O)CC#N)CC1. The van der Waals surface area contributed by atoms with Crippen molar-refractivity contribution in [3.8, 4) is 6.07 Å². The molecule has 92 valence electrons. The van der Waals surface area contributed by atoms with Crippen LogP contribution in [0.4, 0.5) is 0 Å². The van der Waals surface area contributed by atoms with Crippen LogP contribution in [0.2, 0.25) is 0 Å². The molecule has 1 fully saturated rings. The van der Waals surface area contributed by atoms with Gasteiger partial charge in [0.15, 0.2) is 5.75 Å². The Labute approximate surface area is 97.7 Å². The van der Waals surface area contributed by atoms with E-state index in [2.05, 4.69) is 18.7 Å². The number of sulfonamides is 1. The van der Waals surface area contributed by atoms with Crippen molar-refractivity contribution in [2.75, 3.05) is 38.5 Å². The van der Waals surface area contributed by atoms with Gasteiger partial charge in [-0.1, -0.05) is 13.8 Å². The summed E-state index contributed by atoms with van der Waals surface area (Å²) in [5.74, 6) is 0.194. The molecular formula is C10H19N3O2S. The Morgan fingerprint density at radius 3 is 2.25 bits per heavy atom. The molecule has 1 aliphatic rings. The van der Waals surface area contributed by atoms with Crippen LogP contribution in [0.3, 0.4) is 0 Å². The van der Waals surface area contributed by atoms with Gasteiger partial charge in [0.2, 0.25) is 10.0 Å². The normalized spacial score (nSPS) is 19.9. The number of nitriles is 1. The van der Waals surface area contributed by atoms with Gasteiger partial charge in [-0.3, -0.25) is 0 Å². The number of hydrogen-bond acceptors (Lipinski definition) is 4. The summed E-state index contributed by atoms with van der Waals surface area (Å²) in [6.45, 7) is 7.86. The molecule has 5 nitrogen and oxygen atoms in total.